The zero-order valence-electron chi connectivity index (χ0n) is 11.1. The van der Waals surface area contributed by atoms with Crippen molar-refractivity contribution in [2.45, 2.75) is 19.9 Å². The topological polar surface area (TPSA) is 30.5 Å². The van der Waals surface area contributed by atoms with Gasteiger partial charge in [-0.05, 0) is 43.8 Å². The molecule has 3 nitrogen and oxygen atoms in total. The molecule has 1 N–H and O–H groups in total. The van der Waals surface area contributed by atoms with Crippen LogP contribution in [0.25, 0.3) is 0 Å². The van der Waals surface area contributed by atoms with Crippen molar-refractivity contribution in [1.29, 1.82) is 0 Å². The highest BCUT2D eigenvalue weighted by atomic mass is 79.9. The van der Waals surface area contributed by atoms with Gasteiger partial charge in [0, 0.05) is 17.6 Å². The Morgan fingerprint density at radius 2 is 1.83 bits per heavy atom. The van der Waals surface area contributed by atoms with Crippen LogP contribution in [-0.2, 0) is 4.74 Å². The van der Waals surface area contributed by atoms with Gasteiger partial charge in [-0.3, -0.25) is 0 Å². The molecular formula is C13H19Br2NO2. The van der Waals surface area contributed by atoms with Gasteiger partial charge in [-0.1, -0.05) is 13.8 Å². The Morgan fingerprint density at radius 1 is 1.17 bits per heavy atom. The van der Waals surface area contributed by atoms with Gasteiger partial charge in [0.2, 0.25) is 0 Å². The van der Waals surface area contributed by atoms with E-state index in [9.17, 15) is 0 Å². The number of methoxy groups -OCH3 is 2. The standard InChI is InChI=1S/C13H19Br2NO2/c1-8(2)12(7-17-3)16-11-6-13(18-4)10(15)5-9(11)14/h5-6,8,12,16H,7H2,1-4H3. The predicted molar refractivity (Wildman–Crippen MR) is 82.5 cm³/mol. The van der Waals surface area contributed by atoms with E-state index in [2.05, 4.69) is 51.0 Å². The number of ether oxygens (including phenoxy) is 2. The van der Waals surface area contributed by atoms with Crippen molar-refractivity contribution in [2.24, 2.45) is 5.92 Å². The molecule has 1 atom stereocenters. The highest BCUT2D eigenvalue weighted by Gasteiger charge is 2.15. The zero-order chi connectivity index (χ0) is 13.7. The summed E-state index contributed by atoms with van der Waals surface area (Å²) in [4.78, 5) is 0. The van der Waals surface area contributed by atoms with E-state index in [4.69, 9.17) is 9.47 Å². The van der Waals surface area contributed by atoms with E-state index in [0.717, 1.165) is 20.4 Å². The number of rotatable bonds is 6. The van der Waals surface area contributed by atoms with Gasteiger partial charge in [-0.2, -0.15) is 0 Å². The molecule has 1 aromatic carbocycles. The van der Waals surface area contributed by atoms with Crippen LogP contribution in [-0.4, -0.2) is 26.9 Å². The molecule has 0 bridgehead atoms. The molecule has 0 aliphatic rings. The molecule has 0 aliphatic heterocycles. The second-order valence-corrected chi connectivity index (χ2v) is 6.13. The number of hydrogen-bond donors (Lipinski definition) is 1. The third kappa shape index (κ3) is 4.14. The fourth-order valence-corrected chi connectivity index (χ4v) is 2.85. The maximum Gasteiger partial charge on any atom is 0.135 e. The molecule has 1 aromatic rings. The van der Waals surface area contributed by atoms with Gasteiger partial charge in [-0.15, -0.1) is 0 Å². The van der Waals surface area contributed by atoms with E-state index in [0.29, 0.717) is 12.5 Å². The maximum absolute atomic E-state index is 5.30. The molecule has 0 aliphatic carbocycles. The number of benzene rings is 1. The lowest BCUT2D eigenvalue weighted by Gasteiger charge is -2.24. The van der Waals surface area contributed by atoms with E-state index in [-0.39, 0.29) is 6.04 Å². The molecule has 0 spiro atoms. The summed E-state index contributed by atoms with van der Waals surface area (Å²) in [6.45, 7) is 5.00. The molecule has 1 unspecified atom stereocenters. The largest absolute Gasteiger partial charge is 0.495 e. The molecule has 1 rings (SSSR count). The molecule has 0 radical (unpaired) electrons. The number of halogens is 2. The van der Waals surface area contributed by atoms with E-state index in [1.807, 2.05) is 12.1 Å². The van der Waals surface area contributed by atoms with Crippen LogP contribution in [0.15, 0.2) is 21.1 Å². The number of hydrogen-bond acceptors (Lipinski definition) is 3. The predicted octanol–water partition coefficient (Wildman–Crippen LogP) is 4.30. The Hall–Kier alpha value is -0.260. The molecule has 0 saturated heterocycles. The summed E-state index contributed by atoms with van der Waals surface area (Å²) in [7, 11) is 3.38. The van der Waals surface area contributed by atoms with E-state index in [1.165, 1.54) is 0 Å². The molecule has 0 fully saturated rings. The van der Waals surface area contributed by atoms with Gasteiger partial charge in [0.15, 0.2) is 0 Å². The summed E-state index contributed by atoms with van der Waals surface area (Å²) in [5.41, 5.74) is 1.01. The highest BCUT2D eigenvalue weighted by molar-refractivity contribution is 9.11. The first-order valence-corrected chi connectivity index (χ1v) is 7.36. The Kier molecular flexibility index (Phi) is 6.46. The Labute approximate surface area is 125 Å². The SMILES string of the molecule is COCC(Nc1cc(OC)c(Br)cc1Br)C(C)C. The molecule has 0 aromatic heterocycles. The van der Waals surface area contributed by atoms with E-state index < -0.39 is 0 Å². The van der Waals surface area contributed by atoms with Gasteiger partial charge in [-0.25, -0.2) is 0 Å². The number of nitrogens with one attached hydrogen (secondary N) is 1. The lowest BCUT2D eigenvalue weighted by molar-refractivity contribution is 0.171. The van der Waals surface area contributed by atoms with E-state index >= 15 is 0 Å². The summed E-state index contributed by atoms with van der Waals surface area (Å²) in [6.07, 6.45) is 0. The van der Waals surface area contributed by atoms with Gasteiger partial charge >= 0.3 is 0 Å². The summed E-state index contributed by atoms with van der Waals surface area (Å²) in [6, 6.07) is 4.21. The first-order chi connectivity index (χ1) is 8.49. The van der Waals surface area contributed by atoms with Crippen LogP contribution in [0, 0.1) is 5.92 Å². The average molecular weight is 381 g/mol. The monoisotopic (exact) mass is 379 g/mol. The normalized spacial score (nSPS) is 12.6. The molecule has 0 saturated carbocycles. The van der Waals surface area contributed by atoms with E-state index in [1.54, 1.807) is 14.2 Å². The second kappa shape index (κ2) is 7.36. The van der Waals surface area contributed by atoms with Crippen LogP contribution in [0.2, 0.25) is 0 Å². The van der Waals surface area contributed by atoms with Gasteiger partial charge in [0.1, 0.15) is 5.75 Å². The Bertz CT molecular complexity index is 397. The highest BCUT2D eigenvalue weighted by Crippen LogP contribution is 2.35. The fraction of sp³-hybridized carbons (Fsp3) is 0.538. The van der Waals surface area contributed by atoms with Crippen LogP contribution in [0.1, 0.15) is 13.8 Å². The molecule has 18 heavy (non-hydrogen) atoms. The molecular weight excluding hydrogens is 362 g/mol. The quantitative estimate of drug-likeness (QED) is 0.797. The maximum atomic E-state index is 5.30. The second-order valence-electron chi connectivity index (χ2n) is 4.42. The lowest BCUT2D eigenvalue weighted by atomic mass is 10.1. The lowest BCUT2D eigenvalue weighted by Crippen LogP contribution is -2.30. The van der Waals surface area contributed by atoms with Crippen LogP contribution >= 0.6 is 31.9 Å². The zero-order valence-corrected chi connectivity index (χ0v) is 14.3. The van der Waals surface area contributed by atoms with Crippen LogP contribution in [0.5, 0.6) is 5.75 Å². The van der Waals surface area contributed by atoms with Gasteiger partial charge in [0.25, 0.3) is 0 Å². The Balaban J connectivity index is 2.94. The summed E-state index contributed by atoms with van der Waals surface area (Å²) in [5, 5.41) is 3.48. The van der Waals surface area contributed by atoms with Gasteiger partial charge < -0.3 is 14.8 Å². The van der Waals surface area contributed by atoms with Crippen molar-refractivity contribution in [3.8, 4) is 5.75 Å². The minimum Gasteiger partial charge on any atom is -0.495 e. The van der Waals surface area contributed by atoms with Crippen LogP contribution in [0.4, 0.5) is 5.69 Å². The first kappa shape index (κ1) is 15.8. The third-order valence-electron chi connectivity index (χ3n) is 2.73. The minimum absolute atomic E-state index is 0.261. The summed E-state index contributed by atoms with van der Waals surface area (Å²) >= 11 is 7.01. The fourth-order valence-electron chi connectivity index (χ4n) is 1.58. The number of anilines is 1. The average Bonchev–Trinajstić information content (AvgIpc) is 2.31. The Morgan fingerprint density at radius 3 is 2.33 bits per heavy atom. The van der Waals surface area contributed by atoms with Crippen LogP contribution in [0.3, 0.4) is 0 Å². The van der Waals surface area contributed by atoms with Gasteiger partial charge in [0.05, 0.1) is 29.9 Å². The summed E-state index contributed by atoms with van der Waals surface area (Å²) in [5.74, 6) is 1.28. The third-order valence-corrected chi connectivity index (χ3v) is 4.01. The molecule has 102 valence electrons. The van der Waals surface area contributed by atoms with Crippen molar-refractivity contribution >= 4 is 37.5 Å². The van der Waals surface area contributed by atoms with Crippen molar-refractivity contribution in [3.05, 3.63) is 21.1 Å². The molecule has 0 amide bonds. The molecule has 0 heterocycles. The van der Waals surface area contributed by atoms with Crippen molar-refractivity contribution in [3.63, 3.8) is 0 Å². The van der Waals surface area contributed by atoms with Crippen molar-refractivity contribution in [1.82, 2.24) is 0 Å². The minimum atomic E-state index is 0.261. The molecule has 5 heteroatoms. The summed E-state index contributed by atoms with van der Waals surface area (Å²) < 4.78 is 12.5. The van der Waals surface area contributed by atoms with Crippen molar-refractivity contribution < 1.29 is 9.47 Å². The smallest absolute Gasteiger partial charge is 0.135 e. The first-order valence-electron chi connectivity index (χ1n) is 5.78. The van der Waals surface area contributed by atoms with Crippen LogP contribution < -0.4 is 10.1 Å². The van der Waals surface area contributed by atoms with Crippen molar-refractivity contribution in [2.75, 3.05) is 26.1 Å².